The molecule has 1 heterocycles. The second kappa shape index (κ2) is 9.02. The van der Waals surface area contributed by atoms with Crippen molar-refractivity contribution in [3.05, 3.63) is 28.8 Å². The zero-order valence-corrected chi connectivity index (χ0v) is 14.6. The van der Waals surface area contributed by atoms with Gasteiger partial charge < -0.3 is 15.2 Å². The van der Waals surface area contributed by atoms with Crippen LogP contribution in [0.1, 0.15) is 12.5 Å². The summed E-state index contributed by atoms with van der Waals surface area (Å²) in [4.78, 5) is 2.32. The van der Waals surface area contributed by atoms with E-state index in [4.69, 9.17) is 28.6 Å². The fraction of sp³-hybridized carbons (Fsp3) is 0.467. The van der Waals surface area contributed by atoms with Crippen LogP contribution in [0.3, 0.4) is 0 Å². The van der Waals surface area contributed by atoms with Gasteiger partial charge in [-0.1, -0.05) is 11.6 Å². The van der Waals surface area contributed by atoms with Crippen molar-refractivity contribution in [1.82, 2.24) is 15.6 Å². The van der Waals surface area contributed by atoms with Crippen molar-refractivity contribution in [3.63, 3.8) is 0 Å². The van der Waals surface area contributed by atoms with E-state index < -0.39 is 0 Å². The van der Waals surface area contributed by atoms with Gasteiger partial charge in [0.1, 0.15) is 5.75 Å². The van der Waals surface area contributed by atoms with Gasteiger partial charge in [0.15, 0.2) is 5.11 Å². The average molecular weight is 357 g/mol. The third kappa shape index (κ3) is 5.95. The molecular weight excluding hydrogens is 336 g/mol. The molecule has 1 saturated heterocycles. The monoisotopic (exact) mass is 356 g/mol. The maximum Gasteiger partial charge on any atom is 0.187 e. The molecular formula is C15H21ClN4O2S. The third-order valence-corrected chi connectivity index (χ3v) is 3.96. The number of hydrogen-bond donors (Lipinski definition) is 3. The standard InChI is InChI=1S/C15H21ClN4O2S/c1-11(13-10-12(16)2-3-14(13)21)18-19-15(23)17-4-5-20-6-8-22-9-7-20/h2-3,10,21H,4-9H2,1H3,(H2,17,19,23)/b18-11+. The number of morpholine rings is 1. The van der Waals surface area contributed by atoms with Crippen molar-refractivity contribution in [2.75, 3.05) is 39.4 Å². The molecule has 0 aromatic heterocycles. The largest absolute Gasteiger partial charge is 0.507 e. The minimum atomic E-state index is 0.128. The van der Waals surface area contributed by atoms with Crippen LogP contribution in [0.2, 0.25) is 5.02 Å². The Bertz CT molecular complexity index is 577. The van der Waals surface area contributed by atoms with Crippen LogP contribution < -0.4 is 10.7 Å². The quantitative estimate of drug-likeness (QED) is 0.422. The molecule has 1 aliphatic rings. The Morgan fingerprint density at radius 3 is 2.91 bits per heavy atom. The maximum absolute atomic E-state index is 9.82. The summed E-state index contributed by atoms with van der Waals surface area (Å²) in [5.41, 5.74) is 3.95. The summed E-state index contributed by atoms with van der Waals surface area (Å²) >= 11 is 11.1. The summed E-state index contributed by atoms with van der Waals surface area (Å²) < 4.78 is 5.30. The molecule has 1 aromatic rings. The van der Waals surface area contributed by atoms with Gasteiger partial charge in [-0.2, -0.15) is 5.10 Å². The highest BCUT2D eigenvalue weighted by Crippen LogP contribution is 2.21. The molecule has 0 bridgehead atoms. The number of ether oxygens (including phenoxy) is 1. The number of rotatable bonds is 5. The van der Waals surface area contributed by atoms with Crippen molar-refractivity contribution < 1.29 is 9.84 Å². The smallest absolute Gasteiger partial charge is 0.187 e. The fourth-order valence-electron chi connectivity index (χ4n) is 2.18. The number of phenols is 1. The predicted octanol–water partition coefficient (Wildman–Crippen LogP) is 1.57. The lowest BCUT2D eigenvalue weighted by molar-refractivity contribution is 0.0389. The van der Waals surface area contributed by atoms with Gasteiger partial charge in [0.05, 0.1) is 18.9 Å². The first-order valence-electron chi connectivity index (χ1n) is 7.43. The van der Waals surface area contributed by atoms with Gasteiger partial charge in [0.25, 0.3) is 0 Å². The van der Waals surface area contributed by atoms with Crippen LogP contribution >= 0.6 is 23.8 Å². The maximum atomic E-state index is 9.82. The van der Waals surface area contributed by atoms with Crippen molar-refractivity contribution in [1.29, 1.82) is 0 Å². The molecule has 126 valence electrons. The average Bonchev–Trinajstić information content (AvgIpc) is 2.56. The number of aromatic hydroxyl groups is 1. The lowest BCUT2D eigenvalue weighted by Crippen LogP contribution is -2.42. The highest BCUT2D eigenvalue weighted by molar-refractivity contribution is 7.80. The number of hydrazone groups is 1. The highest BCUT2D eigenvalue weighted by atomic mass is 35.5. The van der Waals surface area contributed by atoms with Crippen molar-refractivity contribution in [2.45, 2.75) is 6.92 Å². The molecule has 23 heavy (non-hydrogen) atoms. The molecule has 6 nitrogen and oxygen atoms in total. The van der Waals surface area contributed by atoms with Crippen LogP contribution in [0.4, 0.5) is 0 Å². The van der Waals surface area contributed by atoms with E-state index in [1.165, 1.54) is 6.07 Å². The zero-order valence-electron chi connectivity index (χ0n) is 13.0. The molecule has 1 fully saturated rings. The lowest BCUT2D eigenvalue weighted by Gasteiger charge is -2.26. The van der Waals surface area contributed by atoms with Gasteiger partial charge in [-0.05, 0) is 37.3 Å². The summed E-state index contributed by atoms with van der Waals surface area (Å²) in [5, 5.41) is 18.1. The van der Waals surface area contributed by atoms with E-state index in [1.807, 2.05) is 0 Å². The Kier molecular flexibility index (Phi) is 7.04. The normalized spacial score (nSPS) is 16.2. The molecule has 8 heteroatoms. The minimum absolute atomic E-state index is 0.128. The second-order valence-corrected chi connectivity index (χ2v) is 6.03. The van der Waals surface area contributed by atoms with Crippen molar-refractivity contribution in [2.24, 2.45) is 5.10 Å². The molecule has 0 unspecified atom stereocenters. The Balaban J connectivity index is 1.77. The fourth-order valence-corrected chi connectivity index (χ4v) is 2.50. The number of nitrogens with zero attached hydrogens (tertiary/aromatic N) is 2. The van der Waals surface area contributed by atoms with Crippen LogP contribution in [-0.2, 0) is 4.74 Å². The first-order chi connectivity index (χ1) is 11.1. The van der Waals surface area contributed by atoms with E-state index in [9.17, 15) is 5.11 Å². The number of thiocarbonyl (C=S) groups is 1. The van der Waals surface area contributed by atoms with Gasteiger partial charge in [0, 0.05) is 36.8 Å². The summed E-state index contributed by atoms with van der Waals surface area (Å²) in [6, 6.07) is 4.82. The number of benzene rings is 1. The molecule has 1 aromatic carbocycles. The van der Waals surface area contributed by atoms with Crippen LogP contribution in [0, 0.1) is 0 Å². The molecule has 0 saturated carbocycles. The topological polar surface area (TPSA) is 69.1 Å². The van der Waals surface area contributed by atoms with Gasteiger partial charge in [0.2, 0.25) is 0 Å². The van der Waals surface area contributed by atoms with Gasteiger partial charge in [-0.15, -0.1) is 0 Å². The first kappa shape index (κ1) is 17.9. The number of nitrogens with one attached hydrogen (secondary N) is 2. The van der Waals surface area contributed by atoms with E-state index in [2.05, 4.69) is 20.7 Å². The summed E-state index contributed by atoms with van der Waals surface area (Å²) in [5.74, 6) is 0.128. The SMILES string of the molecule is C/C(=N\NC(=S)NCCN1CCOCC1)c1cc(Cl)ccc1O. The van der Waals surface area contributed by atoms with Crippen LogP contribution in [0.25, 0.3) is 0 Å². The molecule has 3 N–H and O–H groups in total. The van der Waals surface area contributed by atoms with E-state index in [-0.39, 0.29) is 5.75 Å². The predicted molar refractivity (Wildman–Crippen MR) is 96.3 cm³/mol. The van der Waals surface area contributed by atoms with Gasteiger partial charge in [-0.3, -0.25) is 10.3 Å². The zero-order chi connectivity index (χ0) is 16.7. The number of hydrogen-bond acceptors (Lipinski definition) is 5. The summed E-state index contributed by atoms with van der Waals surface area (Å²) in [6.07, 6.45) is 0. The van der Waals surface area contributed by atoms with E-state index >= 15 is 0 Å². The number of phenolic OH excluding ortho intramolecular Hbond substituents is 1. The Hall–Kier alpha value is -1.41. The molecule has 0 atom stereocenters. The number of halogens is 1. The van der Waals surface area contributed by atoms with E-state index in [0.717, 1.165) is 39.4 Å². The van der Waals surface area contributed by atoms with Crippen molar-refractivity contribution in [3.8, 4) is 5.75 Å². The molecule has 2 rings (SSSR count). The molecule has 0 aliphatic carbocycles. The molecule has 0 spiro atoms. The highest BCUT2D eigenvalue weighted by Gasteiger charge is 2.09. The molecule has 1 aliphatic heterocycles. The van der Waals surface area contributed by atoms with Crippen LogP contribution in [0.5, 0.6) is 5.75 Å². The van der Waals surface area contributed by atoms with Crippen LogP contribution in [0.15, 0.2) is 23.3 Å². The summed E-state index contributed by atoms with van der Waals surface area (Å²) in [7, 11) is 0. The molecule has 0 amide bonds. The summed E-state index contributed by atoms with van der Waals surface area (Å²) in [6.45, 7) is 6.89. The first-order valence-corrected chi connectivity index (χ1v) is 8.22. The van der Waals surface area contributed by atoms with Gasteiger partial charge in [-0.25, -0.2) is 0 Å². The van der Waals surface area contributed by atoms with E-state index in [1.54, 1.807) is 19.1 Å². The van der Waals surface area contributed by atoms with Crippen LogP contribution in [-0.4, -0.2) is 60.2 Å². The molecule has 0 radical (unpaired) electrons. The Morgan fingerprint density at radius 1 is 1.43 bits per heavy atom. The Morgan fingerprint density at radius 2 is 2.17 bits per heavy atom. The van der Waals surface area contributed by atoms with Crippen molar-refractivity contribution >= 4 is 34.6 Å². The third-order valence-electron chi connectivity index (χ3n) is 3.49. The second-order valence-electron chi connectivity index (χ2n) is 5.18. The lowest BCUT2D eigenvalue weighted by atomic mass is 10.1. The minimum Gasteiger partial charge on any atom is -0.507 e. The van der Waals surface area contributed by atoms with E-state index in [0.29, 0.717) is 21.4 Å². The Labute approximate surface area is 146 Å². The van der Waals surface area contributed by atoms with Gasteiger partial charge >= 0.3 is 0 Å².